The molecule has 5 heteroatoms. The molecular formula is C15H26N2O3. The maximum Gasteiger partial charge on any atom is 0.248 e. The minimum atomic E-state index is -0.806. The SMILES string of the molecule is CCOC1CC(N2C(=O)C(C)(C)NC(=O)C2C(C)C)C1. The van der Waals surface area contributed by atoms with Crippen LogP contribution in [0.25, 0.3) is 0 Å². The van der Waals surface area contributed by atoms with Gasteiger partial charge in [0.2, 0.25) is 11.8 Å². The third-order valence-electron chi connectivity index (χ3n) is 4.27. The predicted octanol–water partition coefficient (Wildman–Crippen LogP) is 1.32. The summed E-state index contributed by atoms with van der Waals surface area (Å²) in [4.78, 5) is 26.8. The van der Waals surface area contributed by atoms with Gasteiger partial charge < -0.3 is 15.0 Å². The lowest BCUT2D eigenvalue weighted by Gasteiger charge is -2.52. The first-order valence-electron chi connectivity index (χ1n) is 7.54. The zero-order valence-corrected chi connectivity index (χ0v) is 13.1. The van der Waals surface area contributed by atoms with Crippen molar-refractivity contribution in [3.8, 4) is 0 Å². The molecule has 2 rings (SSSR count). The third kappa shape index (κ3) is 2.55. The fourth-order valence-electron chi connectivity index (χ4n) is 3.16. The molecule has 1 saturated carbocycles. The minimum absolute atomic E-state index is 0.0238. The summed E-state index contributed by atoms with van der Waals surface area (Å²) in [5.41, 5.74) is -0.806. The molecule has 1 aliphatic heterocycles. The Bertz CT molecular complexity index is 400. The molecule has 2 aliphatic rings. The van der Waals surface area contributed by atoms with E-state index in [1.165, 1.54) is 0 Å². The molecule has 114 valence electrons. The van der Waals surface area contributed by atoms with Crippen LogP contribution < -0.4 is 5.32 Å². The highest BCUT2D eigenvalue weighted by molar-refractivity contribution is 5.99. The van der Waals surface area contributed by atoms with Crippen molar-refractivity contribution in [2.24, 2.45) is 5.92 Å². The number of hydrogen-bond donors (Lipinski definition) is 1. The molecule has 2 amide bonds. The monoisotopic (exact) mass is 282 g/mol. The van der Waals surface area contributed by atoms with Crippen molar-refractivity contribution in [2.75, 3.05) is 6.61 Å². The van der Waals surface area contributed by atoms with E-state index < -0.39 is 5.54 Å². The molecule has 1 atom stereocenters. The molecule has 1 heterocycles. The lowest BCUT2D eigenvalue weighted by Crippen LogP contribution is -2.72. The summed E-state index contributed by atoms with van der Waals surface area (Å²) in [6, 6.07) is -0.222. The molecule has 1 N–H and O–H groups in total. The highest BCUT2D eigenvalue weighted by Gasteiger charge is 2.51. The number of ether oxygens (including phenoxy) is 1. The Balaban J connectivity index is 2.17. The van der Waals surface area contributed by atoms with Gasteiger partial charge in [-0.3, -0.25) is 9.59 Å². The standard InChI is InChI=1S/C15H26N2O3/c1-6-20-11-7-10(8-11)17-12(9(2)3)13(18)16-15(4,5)14(17)19/h9-12H,6-8H2,1-5H3,(H,16,18). The van der Waals surface area contributed by atoms with Crippen LogP contribution in [0.5, 0.6) is 0 Å². The first-order chi connectivity index (χ1) is 9.27. The molecule has 0 bridgehead atoms. The Hall–Kier alpha value is -1.10. The van der Waals surface area contributed by atoms with Crippen LogP contribution in [0.15, 0.2) is 0 Å². The molecule has 0 aromatic carbocycles. The van der Waals surface area contributed by atoms with Crippen molar-refractivity contribution in [1.29, 1.82) is 0 Å². The van der Waals surface area contributed by atoms with Gasteiger partial charge in [-0.2, -0.15) is 0 Å². The maximum atomic E-state index is 12.7. The van der Waals surface area contributed by atoms with Crippen molar-refractivity contribution in [1.82, 2.24) is 10.2 Å². The maximum absolute atomic E-state index is 12.7. The smallest absolute Gasteiger partial charge is 0.248 e. The largest absolute Gasteiger partial charge is 0.378 e. The molecule has 1 unspecified atom stereocenters. The van der Waals surface area contributed by atoms with Gasteiger partial charge in [0.25, 0.3) is 0 Å². The van der Waals surface area contributed by atoms with Gasteiger partial charge in [0.05, 0.1) is 6.10 Å². The van der Waals surface area contributed by atoms with Crippen LogP contribution in [0.4, 0.5) is 0 Å². The average molecular weight is 282 g/mol. The first kappa shape index (κ1) is 15.3. The van der Waals surface area contributed by atoms with E-state index in [0.717, 1.165) is 12.8 Å². The van der Waals surface area contributed by atoms with Gasteiger partial charge in [-0.25, -0.2) is 0 Å². The second kappa shape index (κ2) is 5.35. The van der Waals surface area contributed by atoms with Gasteiger partial charge in [0.15, 0.2) is 0 Å². The van der Waals surface area contributed by atoms with Crippen LogP contribution in [0, 0.1) is 5.92 Å². The van der Waals surface area contributed by atoms with Gasteiger partial charge in [-0.1, -0.05) is 13.8 Å². The topological polar surface area (TPSA) is 58.6 Å². The summed E-state index contributed by atoms with van der Waals surface area (Å²) < 4.78 is 5.57. The molecule has 1 saturated heterocycles. The van der Waals surface area contributed by atoms with E-state index in [9.17, 15) is 9.59 Å². The molecule has 0 aromatic rings. The summed E-state index contributed by atoms with van der Waals surface area (Å²) in [7, 11) is 0. The average Bonchev–Trinajstić information content (AvgIpc) is 2.27. The number of nitrogens with one attached hydrogen (secondary N) is 1. The molecular weight excluding hydrogens is 256 g/mol. The Kier molecular flexibility index (Phi) is 4.09. The Morgan fingerprint density at radius 3 is 2.45 bits per heavy atom. The number of carbonyl (C=O) groups is 2. The van der Waals surface area contributed by atoms with E-state index in [1.54, 1.807) is 13.8 Å². The summed E-state index contributed by atoms with van der Waals surface area (Å²) in [6.07, 6.45) is 1.91. The second-order valence-corrected chi connectivity index (χ2v) is 6.72. The van der Waals surface area contributed by atoms with Crippen molar-refractivity contribution in [2.45, 2.75) is 71.2 Å². The highest BCUT2D eigenvalue weighted by atomic mass is 16.5. The lowest BCUT2D eigenvalue weighted by atomic mass is 9.82. The molecule has 5 nitrogen and oxygen atoms in total. The van der Waals surface area contributed by atoms with E-state index in [1.807, 2.05) is 25.7 Å². The summed E-state index contributed by atoms with van der Waals surface area (Å²) in [5, 5.41) is 2.84. The molecule has 0 radical (unpaired) electrons. The normalized spacial score (nSPS) is 33.1. The van der Waals surface area contributed by atoms with Gasteiger partial charge in [0, 0.05) is 12.6 Å². The number of carbonyl (C=O) groups excluding carboxylic acids is 2. The number of nitrogens with zero attached hydrogens (tertiary/aromatic N) is 1. The summed E-state index contributed by atoms with van der Waals surface area (Å²) in [5.74, 6) is 0.0985. The highest BCUT2D eigenvalue weighted by Crippen LogP contribution is 2.34. The predicted molar refractivity (Wildman–Crippen MR) is 76.1 cm³/mol. The van der Waals surface area contributed by atoms with E-state index >= 15 is 0 Å². The fraction of sp³-hybridized carbons (Fsp3) is 0.867. The van der Waals surface area contributed by atoms with Gasteiger partial charge in [0.1, 0.15) is 11.6 Å². The Labute approximate surface area is 121 Å². The van der Waals surface area contributed by atoms with Crippen LogP contribution in [-0.4, -0.2) is 47.0 Å². The van der Waals surface area contributed by atoms with E-state index in [0.29, 0.717) is 6.61 Å². The Morgan fingerprint density at radius 1 is 1.35 bits per heavy atom. The van der Waals surface area contributed by atoms with Gasteiger partial charge in [-0.15, -0.1) is 0 Å². The first-order valence-corrected chi connectivity index (χ1v) is 7.54. The van der Waals surface area contributed by atoms with Gasteiger partial charge >= 0.3 is 0 Å². The number of amides is 2. The van der Waals surface area contributed by atoms with Crippen LogP contribution >= 0.6 is 0 Å². The van der Waals surface area contributed by atoms with Crippen molar-refractivity contribution >= 4 is 11.8 Å². The van der Waals surface area contributed by atoms with E-state index in [2.05, 4.69) is 5.32 Å². The van der Waals surface area contributed by atoms with Crippen molar-refractivity contribution in [3.63, 3.8) is 0 Å². The van der Waals surface area contributed by atoms with Crippen LogP contribution in [-0.2, 0) is 14.3 Å². The second-order valence-electron chi connectivity index (χ2n) is 6.72. The number of rotatable bonds is 4. The van der Waals surface area contributed by atoms with Crippen LogP contribution in [0.3, 0.4) is 0 Å². The molecule has 0 aromatic heterocycles. The molecule has 2 fully saturated rings. The summed E-state index contributed by atoms with van der Waals surface area (Å²) >= 11 is 0. The Morgan fingerprint density at radius 2 is 1.95 bits per heavy atom. The van der Waals surface area contributed by atoms with Gasteiger partial charge in [-0.05, 0) is 39.5 Å². The quantitative estimate of drug-likeness (QED) is 0.846. The van der Waals surface area contributed by atoms with Crippen molar-refractivity contribution in [3.05, 3.63) is 0 Å². The fourth-order valence-corrected chi connectivity index (χ4v) is 3.16. The zero-order chi connectivity index (χ0) is 15.1. The summed E-state index contributed by atoms with van der Waals surface area (Å²) in [6.45, 7) is 10.2. The third-order valence-corrected chi connectivity index (χ3v) is 4.27. The zero-order valence-electron chi connectivity index (χ0n) is 13.1. The van der Waals surface area contributed by atoms with E-state index in [-0.39, 0.29) is 35.9 Å². The number of hydrogen-bond acceptors (Lipinski definition) is 3. The molecule has 20 heavy (non-hydrogen) atoms. The minimum Gasteiger partial charge on any atom is -0.378 e. The van der Waals surface area contributed by atoms with Crippen LogP contribution in [0.1, 0.15) is 47.5 Å². The lowest BCUT2D eigenvalue weighted by molar-refractivity contribution is -0.165. The number of piperazine rings is 1. The molecule has 1 aliphatic carbocycles. The molecule has 0 spiro atoms. The van der Waals surface area contributed by atoms with E-state index in [4.69, 9.17) is 4.74 Å². The van der Waals surface area contributed by atoms with Crippen LogP contribution in [0.2, 0.25) is 0 Å². The van der Waals surface area contributed by atoms with Crippen molar-refractivity contribution < 1.29 is 14.3 Å².